The van der Waals surface area contributed by atoms with Gasteiger partial charge in [0.1, 0.15) is 5.82 Å². The lowest BCUT2D eigenvalue weighted by Gasteiger charge is -2.43. The van der Waals surface area contributed by atoms with E-state index in [2.05, 4.69) is 20.6 Å². The van der Waals surface area contributed by atoms with Crippen LogP contribution in [-0.2, 0) is 13.1 Å². The number of fused-ring (bicyclic) bond motifs is 1. The minimum absolute atomic E-state index is 0.446. The van der Waals surface area contributed by atoms with Gasteiger partial charge in [0.15, 0.2) is 0 Å². The van der Waals surface area contributed by atoms with Crippen molar-refractivity contribution in [2.75, 3.05) is 6.54 Å². The second kappa shape index (κ2) is 3.07. The van der Waals surface area contributed by atoms with Gasteiger partial charge in [-0.3, -0.25) is 4.90 Å². The number of aromatic nitrogens is 2. The van der Waals surface area contributed by atoms with E-state index < -0.39 is 0 Å². The third-order valence-electron chi connectivity index (χ3n) is 3.44. The Labute approximate surface area is 83.7 Å². The molecule has 0 bridgehead atoms. The Bertz CT molecular complexity index is 327. The minimum atomic E-state index is 0.446. The van der Waals surface area contributed by atoms with Crippen LogP contribution in [0.5, 0.6) is 0 Å². The van der Waals surface area contributed by atoms with Gasteiger partial charge in [-0.05, 0) is 12.8 Å². The fourth-order valence-corrected chi connectivity index (χ4v) is 2.43. The van der Waals surface area contributed by atoms with Crippen LogP contribution in [0.4, 0.5) is 0 Å². The monoisotopic (exact) mass is 192 g/mol. The molecule has 0 aromatic carbocycles. The molecule has 0 radical (unpaired) electrons. The maximum absolute atomic E-state index is 5.80. The highest BCUT2D eigenvalue weighted by atomic mass is 15.3. The molecule has 4 heteroatoms. The third kappa shape index (κ3) is 1.26. The molecule has 2 N–H and O–H groups in total. The van der Waals surface area contributed by atoms with Crippen LogP contribution in [0.3, 0.4) is 0 Å². The lowest BCUT2D eigenvalue weighted by atomic mass is 9.86. The molecule has 0 saturated heterocycles. The highest BCUT2D eigenvalue weighted by Gasteiger charge is 2.32. The van der Waals surface area contributed by atoms with Crippen LogP contribution in [0.15, 0.2) is 12.4 Å². The fourth-order valence-electron chi connectivity index (χ4n) is 2.43. The van der Waals surface area contributed by atoms with Gasteiger partial charge in [-0.2, -0.15) is 0 Å². The number of nitrogens with zero attached hydrogens (tertiary/aromatic N) is 3. The first-order chi connectivity index (χ1) is 6.83. The molecule has 1 aromatic heterocycles. The van der Waals surface area contributed by atoms with E-state index >= 15 is 0 Å². The Hall–Kier alpha value is -0.870. The molecule has 0 amide bonds. The van der Waals surface area contributed by atoms with Crippen molar-refractivity contribution in [3.8, 4) is 0 Å². The summed E-state index contributed by atoms with van der Waals surface area (Å²) in [6.45, 7) is 3.24. The predicted molar refractivity (Wildman–Crippen MR) is 53.6 cm³/mol. The molecule has 1 aliphatic carbocycles. The van der Waals surface area contributed by atoms with E-state index in [0.29, 0.717) is 6.04 Å². The van der Waals surface area contributed by atoms with Gasteiger partial charge in [0.2, 0.25) is 0 Å². The Morgan fingerprint density at radius 2 is 2.21 bits per heavy atom. The van der Waals surface area contributed by atoms with E-state index in [0.717, 1.165) is 25.7 Å². The molecule has 2 aliphatic rings. The molecule has 0 unspecified atom stereocenters. The summed E-state index contributed by atoms with van der Waals surface area (Å²) in [6.07, 6.45) is 6.30. The van der Waals surface area contributed by atoms with Gasteiger partial charge in [-0.25, -0.2) is 4.98 Å². The zero-order valence-electron chi connectivity index (χ0n) is 8.26. The second-order valence-electron chi connectivity index (χ2n) is 4.39. The maximum atomic E-state index is 5.80. The molecule has 1 aromatic rings. The molecule has 0 spiro atoms. The van der Waals surface area contributed by atoms with Crippen molar-refractivity contribution in [3.63, 3.8) is 0 Å². The van der Waals surface area contributed by atoms with Crippen molar-refractivity contribution in [1.82, 2.24) is 14.5 Å². The van der Waals surface area contributed by atoms with Crippen molar-refractivity contribution in [2.45, 2.75) is 38.0 Å². The van der Waals surface area contributed by atoms with Crippen LogP contribution in [0.1, 0.15) is 18.7 Å². The van der Waals surface area contributed by atoms with Crippen LogP contribution < -0.4 is 5.73 Å². The van der Waals surface area contributed by atoms with Crippen molar-refractivity contribution < 1.29 is 0 Å². The van der Waals surface area contributed by atoms with Crippen molar-refractivity contribution >= 4 is 0 Å². The van der Waals surface area contributed by atoms with Crippen LogP contribution >= 0.6 is 0 Å². The molecule has 0 atom stereocenters. The fraction of sp³-hybridized carbons (Fsp3) is 0.700. The first-order valence-corrected chi connectivity index (χ1v) is 5.32. The average Bonchev–Trinajstić information content (AvgIpc) is 2.59. The van der Waals surface area contributed by atoms with E-state index in [9.17, 15) is 0 Å². The Morgan fingerprint density at radius 3 is 3.00 bits per heavy atom. The van der Waals surface area contributed by atoms with Crippen molar-refractivity contribution in [2.24, 2.45) is 5.73 Å². The Balaban J connectivity index is 1.69. The third-order valence-corrected chi connectivity index (χ3v) is 3.44. The van der Waals surface area contributed by atoms with Crippen molar-refractivity contribution in [3.05, 3.63) is 18.2 Å². The smallest absolute Gasteiger partial charge is 0.122 e. The first-order valence-electron chi connectivity index (χ1n) is 5.32. The molecule has 14 heavy (non-hydrogen) atoms. The summed E-state index contributed by atoms with van der Waals surface area (Å²) in [6, 6.07) is 1.16. The summed E-state index contributed by atoms with van der Waals surface area (Å²) in [7, 11) is 0. The van der Waals surface area contributed by atoms with Crippen LogP contribution in [0.25, 0.3) is 0 Å². The Morgan fingerprint density at radius 1 is 1.36 bits per heavy atom. The molecule has 1 aliphatic heterocycles. The average molecular weight is 192 g/mol. The molecule has 1 saturated carbocycles. The first kappa shape index (κ1) is 8.44. The standard InChI is InChI=1S/C10H16N4/c11-8-5-9(6-8)14-4-3-13-2-1-12-10(13)7-14/h1-2,8-9H,3-7,11H2. The summed E-state index contributed by atoms with van der Waals surface area (Å²) in [5.74, 6) is 1.21. The number of rotatable bonds is 1. The van der Waals surface area contributed by atoms with Crippen molar-refractivity contribution in [1.29, 1.82) is 0 Å². The lowest BCUT2D eigenvalue weighted by molar-refractivity contribution is 0.0820. The highest BCUT2D eigenvalue weighted by Crippen LogP contribution is 2.26. The number of nitrogens with two attached hydrogens (primary N) is 1. The van der Waals surface area contributed by atoms with E-state index in [4.69, 9.17) is 5.73 Å². The van der Waals surface area contributed by atoms with Crippen LogP contribution in [0, 0.1) is 0 Å². The molecule has 2 heterocycles. The number of hydrogen-bond acceptors (Lipinski definition) is 3. The molecule has 4 nitrogen and oxygen atoms in total. The van der Waals surface area contributed by atoms with Gasteiger partial charge >= 0.3 is 0 Å². The van der Waals surface area contributed by atoms with Crippen LogP contribution in [0.2, 0.25) is 0 Å². The quantitative estimate of drug-likeness (QED) is 0.691. The number of hydrogen-bond donors (Lipinski definition) is 1. The molecule has 3 rings (SSSR count). The van der Waals surface area contributed by atoms with Crippen LogP contribution in [-0.4, -0.2) is 33.1 Å². The van der Waals surface area contributed by atoms with Gasteiger partial charge in [0.05, 0.1) is 6.54 Å². The van der Waals surface area contributed by atoms with E-state index in [1.165, 1.54) is 18.7 Å². The molecular weight excluding hydrogens is 176 g/mol. The molecular formula is C10H16N4. The SMILES string of the molecule is NC1CC(N2CCn3ccnc3C2)C1. The summed E-state index contributed by atoms with van der Waals surface area (Å²) < 4.78 is 2.25. The van der Waals surface area contributed by atoms with Gasteiger partial charge in [-0.1, -0.05) is 0 Å². The summed E-state index contributed by atoms with van der Waals surface area (Å²) >= 11 is 0. The zero-order valence-corrected chi connectivity index (χ0v) is 8.26. The van der Waals surface area contributed by atoms with E-state index in [1.54, 1.807) is 0 Å². The molecule has 1 fully saturated rings. The predicted octanol–water partition coefficient (Wildman–Crippen LogP) is 0.188. The van der Waals surface area contributed by atoms with Gasteiger partial charge in [-0.15, -0.1) is 0 Å². The largest absolute Gasteiger partial charge is 0.333 e. The zero-order chi connectivity index (χ0) is 9.54. The maximum Gasteiger partial charge on any atom is 0.122 e. The lowest BCUT2D eigenvalue weighted by Crippen LogP contribution is -2.52. The van der Waals surface area contributed by atoms with E-state index in [1.807, 2.05) is 6.20 Å². The second-order valence-corrected chi connectivity index (χ2v) is 4.39. The summed E-state index contributed by atoms with van der Waals surface area (Å²) in [4.78, 5) is 6.88. The van der Waals surface area contributed by atoms with Gasteiger partial charge < -0.3 is 10.3 Å². The van der Waals surface area contributed by atoms with Gasteiger partial charge in [0, 0.05) is 37.6 Å². The summed E-state index contributed by atoms with van der Waals surface area (Å²) in [5, 5.41) is 0. The van der Waals surface area contributed by atoms with Gasteiger partial charge in [0.25, 0.3) is 0 Å². The minimum Gasteiger partial charge on any atom is -0.333 e. The Kier molecular flexibility index (Phi) is 1.85. The van der Waals surface area contributed by atoms with E-state index in [-0.39, 0.29) is 0 Å². The highest BCUT2D eigenvalue weighted by molar-refractivity contribution is 4.99. The summed E-state index contributed by atoms with van der Waals surface area (Å²) in [5.41, 5.74) is 5.80. The molecule has 76 valence electrons. The topological polar surface area (TPSA) is 47.1 Å². The normalized spacial score (nSPS) is 32.4. The number of imidazole rings is 1.